The zero-order valence-corrected chi connectivity index (χ0v) is 15.6. The number of aromatic nitrogens is 3. The Kier molecular flexibility index (Phi) is 5.72. The lowest BCUT2D eigenvalue weighted by molar-refractivity contribution is -0.115. The van der Waals surface area contributed by atoms with Gasteiger partial charge in [-0.1, -0.05) is 36.0 Å². The van der Waals surface area contributed by atoms with Gasteiger partial charge in [-0.25, -0.2) is 4.98 Å². The number of rotatable bonds is 7. The summed E-state index contributed by atoms with van der Waals surface area (Å²) in [4.78, 5) is 16.5. The Hall–Kier alpha value is -2.32. The lowest BCUT2D eigenvalue weighted by Gasteiger charge is -2.03. The highest BCUT2D eigenvalue weighted by Crippen LogP contribution is 2.18. The highest BCUT2D eigenvalue weighted by molar-refractivity contribution is 7.15. The molecular weight excluding hydrogens is 356 g/mol. The number of amides is 1. The third-order valence-electron chi connectivity index (χ3n) is 3.34. The largest absolute Gasteiger partial charge is 0.486 e. The van der Waals surface area contributed by atoms with Gasteiger partial charge in [0, 0.05) is 5.38 Å². The van der Waals surface area contributed by atoms with Crippen molar-refractivity contribution in [1.29, 1.82) is 0 Å². The third kappa shape index (κ3) is 5.07. The summed E-state index contributed by atoms with van der Waals surface area (Å²) in [6.45, 7) is 4.43. The van der Waals surface area contributed by atoms with Crippen LogP contribution in [0.1, 0.15) is 28.2 Å². The van der Waals surface area contributed by atoms with E-state index >= 15 is 0 Å². The van der Waals surface area contributed by atoms with Crippen molar-refractivity contribution in [1.82, 2.24) is 15.2 Å². The van der Waals surface area contributed by atoms with Gasteiger partial charge in [0.2, 0.25) is 11.0 Å². The van der Waals surface area contributed by atoms with Crippen LogP contribution in [0, 0.1) is 6.92 Å². The smallest absolute Gasteiger partial charge is 0.232 e. The van der Waals surface area contributed by atoms with E-state index in [4.69, 9.17) is 4.74 Å². The van der Waals surface area contributed by atoms with Crippen molar-refractivity contribution in [2.75, 3.05) is 5.32 Å². The van der Waals surface area contributed by atoms with Crippen LogP contribution in [0.25, 0.3) is 0 Å². The molecule has 0 aliphatic heterocycles. The number of benzene rings is 1. The van der Waals surface area contributed by atoms with Gasteiger partial charge in [0.25, 0.3) is 0 Å². The fourth-order valence-electron chi connectivity index (χ4n) is 2.05. The molecule has 0 saturated carbocycles. The van der Waals surface area contributed by atoms with E-state index in [9.17, 15) is 4.79 Å². The van der Waals surface area contributed by atoms with Gasteiger partial charge >= 0.3 is 0 Å². The predicted molar refractivity (Wildman–Crippen MR) is 99.2 cm³/mol. The molecule has 2 aromatic heterocycles. The van der Waals surface area contributed by atoms with Gasteiger partial charge in [0.15, 0.2) is 0 Å². The van der Waals surface area contributed by atoms with E-state index in [1.807, 2.05) is 43.5 Å². The SMILES string of the molecule is CCc1nnc(NC(=O)Cc2csc(COc3ccc(C)cc3)n2)s1. The van der Waals surface area contributed by atoms with Gasteiger partial charge in [-0.3, -0.25) is 4.79 Å². The number of hydrogen-bond donors (Lipinski definition) is 1. The molecule has 8 heteroatoms. The number of hydrogen-bond acceptors (Lipinski definition) is 7. The third-order valence-corrected chi connectivity index (χ3v) is 5.19. The van der Waals surface area contributed by atoms with Gasteiger partial charge in [-0.2, -0.15) is 0 Å². The first-order valence-electron chi connectivity index (χ1n) is 7.87. The summed E-state index contributed by atoms with van der Waals surface area (Å²) >= 11 is 2.88. The summed E-state index contributed by atoms with van der Waals surface area (Å²) < 4.78 is 5.71. The molecule has 0 spiro atoms. The van der Waals surface area contributed by atoms with E-state index in [1.54, 1.807) is 0 Å². The van der Waals surface area contributed by atoms with Gasteiger partial charge < -0.3 is 10.1 Å². The minimum absolute atomic E-state index is 0.143. The highest BCUT2D eigenvalue weighted by atomic mass is 32.1. The summed E-state index contributed by atoms with van der Waals surface area (Å²) in [7, 11) is 0. The van der Waals surface area contributed by atoms with Crippen molar-refractivity contribution < 1.29 is 9.53 Å². The first-order chi connectivity index (χ1) is 12.1. The monoisotopic (exact) mass is 374 g/mol. The van der Waals surface area contributed by atoms with E-state index in [-0.39, 0.29) is 12.3 Å². The molecule has 130 valence electrons. The van der Waals surface area contributed by atoms with Crippen molar-refractivity contribution in [3.8, 4) is 5.75 Å². The lowest BCUT2D eigenvalue weighted by Crippen LogP contribution is -2.14. The number of anilines is 1. The number of carbonyl (C=O) groups is 1. The fourth-order valence-corrected chi connectivity index (χ4v) is 3.45. The van der Waals surface area contributed by atoms with Crippen LogP contribution in [0.2, 0.25) is 0 Å². The lowest BCUT2D eigenvalue weighted by atomic mass is 10.2. The zero-order valence-electron chi connectivity index (χ0n) is 14.0. The second-order valence-corrected chi connectivity index (χ2v) is 7.42. The Morgan fingerprint density at radius 3 is 2.72 bits per heavy atom. The topological polar surface area (TPSA) is 77.0 Å². The average molecular weight is 374 g/mol. The summed E-state index contributed by atoms with van der Waals surface area (Å²) in [5.41, 5.74) is 1.92. The predicted octanol–water partition coefficient (Wildman–Crippen LogP) is 3.63. The molecule has 0 atom stereocenters. The van der Waals surface area contributed by atoms with Crippen LogP contribution in [0.15, 0.2) is 29.6 Å². The van der Waals surface area contributed by atoms with Gasteiger partial charge in [0.05, 0.1) is 12.1 Å². The molecule has 1 amide bonds. The van der Waals surface area contributed by atoms with Crippen molar-refractivity contribution in [3.63, 3.8) is 0 Å². The van der Waals surface area contributed by atoms with Crippen LogP contribution in [0.4, 0.5) is 5.13 Å². The second-order valence-electron chi connectivity index (χ2n) is 5.41. The van der Waals surface area contributed by atoms with E-state index in [2.05, 4.69) is 20.5 Å². The molecule has 1 N–H and O–H groups in total. The van der Waals surface area contributed by atoms with Crippen LogP contribution in [-0.4, -0.2) is 21.1 Å². The number of carbonyl (C=O) groups excluding carboxylic acids is 1. The number of ether oxygens (including phenoxy) is 1. The highest BCUT2D eigenvalue weighted by Gasteiger charge is 2.11. The molecule has 6 nitrogen and oxygen atoms in total. The van der Waals surface area contributed by atoms with Gasteiger partial charge in [0.1, 0.15) is 22.4 Å². The Balaban J connectivity index is 1.50. The molecule has 2 heterocycles. The molecule has 25 heavy (non-hydrogen) atoms. The quantitative estimate of drug-likeness (QED) is 0.683. The molecule has 0 unspecified atom stereocenters. The van der Waals surface area contributed by atoms with E-state index in [1.165, 1.54) is 28.2 Å². The van der Waals surface area contributed by atoms with E-state index in [0.717, 1.165) is 27.9 Å². The Bertz CT molecular complexity index is 842. The number of nitrogens with one attached hydrogen (secondary N) is 1. The Morgan fingerprint density at radius 1 is 1.20 bits per heavy atom. The maximum absolute atomic E-state index is 12.1. The normalized spacial score (nSPS) is 10.6. The summed E-state index contributed by atoms with van der Waals surface area (Å²) in [6, 6.07) is 7.88. The first-order valence-corrected chi connectivity index (χ1v) is 9.57. The van der Waals surface area contributed by atoms with Crippen molar-refractivity contribution in [2.45, 2.75) is 33.3 Å². The van der Waals surface area contributed by atoms with Crippen LogP contribution < -0.4 is 10.1 Å². The number of nitrogens with zero attached hydrogens (tertiary/aromatic N) is 3. The van der Waals surface area contributed by atoms with Crippen molar-refractivity contribution in [3.05, 3.63) is 50.9 Å². The minimum atomic E-state index is -0.143. The van der Waals surface area contributed by atoms with Crippen LogP contribution in [0.5, 0.6) is 5.75 Å². The molecule has 0 aliphatic carbocycles. The summed E-state index contributed by atoms with van der Waals surface area (Å²) in [5.74, 6) is 0.665. The van der Waals surface area contributed by atoms with Crippen LogP contribution >= 0.6 is 22.7 Å². The molecule has 0 saturated heterocycles. The van der Waals surface area contributed by atoms with Gasteiger partial charge in [-0.05, 0) is 25.5 Å². The Morgan fingerprint density at radius 2 is 2.00 bits per heavy atom. The summed E-state index contributed by atoms with van der Waals surface area (Å²) in [6.07, 6.45) is 1.02. The number of aryl methyl sites for hydroxylation is 2. The zero-order chi connectivity index (χ0) is 17.6. The molecular formula is C17H18N4O2S2. The van der Waals surface area contributed by atoms with Crippen molar-refractivity contribution >= 4 is 33.7 Å². The molecule has 0 bridgehead atoms. The number of thiazole rings is 1. The van der Waals surface area contributed by atoms with Gasteiger partial charge in [-0.15, -0.1) is 21.5 Å². The maximum atomic E-state index is 12.1. The molecule has 0 radical (unpaired) electrons. The minimum Gasteiger partial charge on any atom is -0.486 e. The van der Waals surface area contributed by atoms with E-state index in [0.29, 0.717) is 11.7 Å². The Labute approximate surface area is 153 Å². The van der Waals surface area contributed by atoms with E-state index < -0.39 is 0 Å². The molecule has 3 rings (SSSR count). The standard InChI is InChI=1S/C17H18N4O2S2/c1-3-15-20-21-17(25-15)19-14(22)8-12-10-24-16(18-12)9-23-13-6-4-11(2)5-7-13/h4-7,10H,3,8-9H2,1-2H3,(H,19,21,22). The second kappa shape index (κ2) is 8.17. The average Bonchev–Trinajstić information content (AvgIpc) is 3.23. The maximum Gasteiger partial charge on any atom is 0.232 e. The fraction of sp³-hybridized carbons (Fsp3) is 0.294. The molecule has 1 aromatic carbocycles. The van der Waals surface area contributed by atoms with Crippen molar-refractivity contribution in [2.24, 2.45) is 0 Å². The first kappa shape index (κ1) is 17.5. The van der Waals surface area contributed by atoms with Crippen LogP contribution in [-0.2, 0) is 24.2 Å². The molecule has 3 aromatic rings. The summed E-state index contributed by atoms with van der Waals surface area (Å²) in [5, 5.41) is 14.8. The molecule has 0 fully saturated rings. The molecule has 0 aliphatic rings. The van der Waals surface area contributed by atoms with Crippen LogP contribution in [0.3, 0.4) is 0 Å².